The van der Waals surface area contributed by atoms with E-state index in [-0.39, 0.29) is 5.25 Å². The number of hydrogen-bond acceptors (Lipinski definition) is 3. The van der Waals surface area contributed by atoms with Crippen LogP contribution in [0.25, 0.3) is 0 Å². The van der Waals surface area contributed by atoms with Gasteiger partial charge in [-0.2, -0.15) is 5.26 Å². The van der Waals surface area contributed by atoms with Crippen LogP contribution in [0.2, 0.25) is 0 Å². The highest BCUT2D eigenvalue weighted by Crippen LogP contribution is 2.14. The Morgan fingerprint density at radius 3 is 2.75 bits per heavy atom. The average Bonchev–Trinajstić information content (AvgIpc) is 2.30. The maximum Gasteiger partial charge on any atom is 0.0991 e. The summed E-state index contributed by atoms with van der Waals surface area (Å²) in [5.41, 5.74) is 8.15. The molecule has 0 aromatic heterocycles. The highest BCUT2D eigenvalue weighted by Gasteiger charge is 2.11. The Bertz CT molecular complexity index is 437. The lowest BCUT2D eigenvalue weighted by atomic mass is 10.1. The zero-order chi connectivity index (χ0) is 12.1. The second-order valence-corrected chi connectivity index (χ2v) is 5.68. The molecular formula is C12H16N2OS. The summed E-state index contributed by atoms with van der Waals surface area (Å²) in [7, 11) is -0.943. The molecule has 1 aromatic rings. The van der Waals surface area contributed by atoms with Gasteiger partial charge in [-0.1, -0.05) is 6.07 Å². The molecule has 2 N–H and O–H groups in total. The molecule has 0 fully saturated rings. The van der Waals surface area contributed by atoms with Crippen LogP contribution in [0.4, 0.5) is 0 Å². The van der Waals surface area contributed by atoms with Crippen molar-refractivity contribution in [2.75, 3.05) is 6.54 Å². The molecule has 4 heteroatoms. The second kappa shape index (κ2) is 5.78. The third kappa shape index (κ3) is 3.16. The third-order valence-electron chi connectivity index (χ3n) is 2.55. The normalized spacial score (nSPS) is 14.1. The van der Waals surface area contributed by atoms with Gasteiger partial charge in [-0.15, -0.1) is 0 Å². The van der Waals surface area contributed by atoms with Gasteiger partial charge in [0.1, 0.15) is 0 Å². The molecule has 2 atom stereocenters. The van der Waals surface area contributed by atoms with E-state index in [2.05, 4.69) is 6.07 Å². The first-order valence-electron chi connectivity index (χ1n) is 5.15. The van der Waals surface area contributed by atoms with Crippen LogP contribution in [0.5, 0.6) is 0 Å². The van der Waals surface area contributed by atoms with Crippen molar-refractivity contribution in [3.63, 3.8) is 0 Å². The van der Waals surface area contributed by atoms with Crippen LogP contribution in [0.15, 0.2) is 18.2 Å². The van der Waals surface area contributed by atoms with Gasteiger partial charge in [0.15, 0.2) is 0 Å². The number of benzene rings is 1. The van der Waals surface area contributed by atoms with Crippen LogP contribution < -0.4 is 5.73 Å². The number of rotatable bonds is 4. The molecule has 2 unspecified atom stereocenters. The van der Waals surface area contributed by atoms with Crippen LogP contribution in [0.1, 0.15) is 23.6 Å². The van der Waals surface area contributed by atoms with Crippen molar-refractivity contribution in [1.29, 1.82) is 5.26 Å². The van der Waals surface area contributed by atoms with E-state index >= 15 is 0 Å². The van der Waals surface area contributed by atoms with E-state index in [4.69, 9.17) is 11.0 Å². The van der Waals surface area contributed by atoms with E-state index in [1.54, 1.807) is 6.07 Å². The zero-order valence-corrected chi connectivity index (χ0v) is 10.4. The molecule has 0 saturated heterocycles. The number of nitrogens with two attached hydrogens (primary N) is 1. The van der Waals surface area contributed by atoms with E-state index in [0.717, 1.165) is 11.1 Å². The minimum absolute atomic E-state index is 0.00930. The van der Waals surface area contributed by atoms with E-state index in [1.165, 1.54) is 0 Å². The van der Waals surface area contributed by atoms with E-state index in [1.807, 2.05) is 26.0 Å². The molecule has 0 spiro atoms. The lowest BCUT2D eigenvalue weighted by Crippen LogP contribution is -2.23. The van der Waals surface area contributed by atoms with Crippen LogP contribution >= 0.6 is 0 Å². The van der Waals surface area contributed by atoms with Crippen LogP contribution in [0.3, 0.4) is 0 Å². The maximum absolute atomic E-state index is 11.8. The second-order valence-electron chi connectivity index (χ2n) is 3.82. The highest BCUT2D eigenvalue weighted by atomic mass is 32.2. The summed E-state index contributed by atoms with van der Waals surface area (Å²) in [6.07, 6.45) is 0. The lowest BCUT2D eigenvalue weighted by molar-refractivity contribution is 0.672. The van der Waals surface area contributed by atoms with E-state index in [9.17, 15) is 4.21 Å². The van der Waals surface area contributed by atoms with Gasteiger partial charge < -0.3 is 5.73 Å². The smallest absolute Gasteiger partial charge is 0.0991 e. The SMILES string of the molecule is Cc1cc(C#N)ccc1CS(=O)C(C)CN. The number of aryl methyl sites for hydroxylation is 1. The molecule has 0 amide bonds. The first-order valence-corrected chi connectivity index (χ1v) is 6.53. The molecule has 0 aliphatic carbocycles. The van der Waals surface area contributed by atoms with Crippen molar-refractivity contribution < 1.29 is 4.21 Å². The van der Waals surface area contributed by atoms with Gasteiger partial charge in [0.2, 0.25) is 0 Å². The Balaban J connectivity index is 2.83. The molecule has 0 saturated carbocycles. The largest absolute Gasteiger partial charge is 0.329 e. The van der Waals surface area contributed by atoms with E-state index in [0.29, 0.717) is 17.9 Å². The van der Waals surface area contributed by atoms with Gasteiger partial charge in [0.05, 0.1) is 11.6 Å². The average molecular weight is 236 g/mol. The molecule has 0 bridgehead atoms. The van der Waals surface area contributed by atoms with Gasteiger partial charge in [0, 0.05) is 28.3 Å². The quantitative estimate of drug-likeness (QED) is 0.860. The molecule has 1 rings (SSSR count). The fraction of sp³-hybridized carbons (Fsp3) is 0.417. The molecule has 0 aliphatic rings. The van der Waals surface area contributed by atoms with Crippen molar-refractivity contribution in [3.8, 4) is 6.07 Å². The zero-order valence-electron chi connectivity index (χ0n) is 9.56. The van der Waals surface area contributed by atoms with Gasteiger partial charge >= 0.3 is 0 Å². The third-order valence-corrected chi connectivity index (χ3v) is 4.24. The Hall–Kier alpha value is -1.18. The van der Waals surface area contributed by atoms with Crippen LogP contribution in [-0.4, -0.2) is 16.0 Å². The predicted octanol–water partition coefficient (Wildman–Crippen LogP) is 1.46. The highest BCUT2D eigenvalue weighted by molar-refractivity contribution is 7.84. The van der Waals surface area contributed by atoms with Crippen molar-refractivity contribution >= 4 is 10.8 Å². The van der Waals surface area contributed by atoms with Crippen LogP contribution in [-0.2, 0) is 16.6 Å². The van der Waals surface area contributed by atoms with Gasteiger partial charge in [-0.3, -0.25) is 4.21 Å². The molecule has 3 nitrogen and oxygen atoms in total. The standard InChI is InChI=1S/C12H16N2OS/c1-9-5-11(7-14)3-4-12(9)8-16(15)10(2)6-13/h3-5,10H,6,8,13H2,1-2H3. The number of nitriles is 1. The number of hydrogen-bond donors (Lipinski definition) is 1. The first kappa shape index (κ1) is 12.9. The topological polar surface area (TPSA) is 66.9 Å². The summed E-state index contributed by atoms with van der Waals surface area (Å²) in [5.74, 6) is 0.510. The van der Waals surface area contributed by atoms with Crippen molar-refractivity contribution in [1.82, 2.24) is 0 Å². The molecule has 0 radical (unpaired) electrons. The fourth-order valence-electron chi connectivity index (χ4n) is 1.33. The Kier molecular flexibility index (Phi) is 4.66. The van der Waals surface area contributed by atoms with E-state index < -0.39 is 10.8 Å². The van der Waals surface area contributed by atoms with Gasteiger partial charge in [-0.25, -0.2) is 0 Å². The summed E-state index contributed by atoms with van der Waals surface area (Å²) in [6.45, 7) is 4.25. The Labute approximate surface area is 98.7 Å². The molecule has 86 valence electrons. The molecule has 0 aliphatic heterocycles. The monoisotopic (exact) mass is 236 g/mol. The summed E-state index contributed by atoms with van der Waals surface area (Å²) in [4.78, 5) is 0. The van der Waals surface area contributed by atoms with Crippen LogP contribution in [0, 0.1) is 18.3 Å². The van der Waals surface area contributed by atoms with Gasteiger partial charge in [0.25, 0.3) is 0 Å². The minimum atomic E-state index is -0.943. The lowest BCUT2D eigenvalue weighted by Gasteiger charge is -2.10. The van der Waals surface area contributed by atoms with Gasteiger partial charge in [-0.05, 0) is 37.1 Å². The van der Waals surface area contributed by atoms with Crippen molar-refractivity contribution in [2.24, 2.45) is 5.73 Å². The summed E-state index contributed by atoms with van der Waals surface area (Å²) in [6, 6.07) is 7.53. The summed E-state index contributed by atoms with van der Waals surface area (Å²) in [5, 5.41) is 8.74. The Morgan fingerprint density at radius 1 is 1.56 bits per heavy atom. The number of nitrogens with zero attached hydrogens (tertiary/aromatic N) is 1. The summed E-state index contributed by atoms with van der Waals surface area (Å²) < 4.78 is 11.8. The molecular weight excluding hydrogens is 220 g/mol. The molecule has 0 heterocycles. The predicted molar refractivity (Wildman–Crippen MR) is 66.3 cm³/mol. The van der Waals surface area contributed by atoms with Crippen molar-refractivity contribution in [2.45, 2.75) is 24.9 Å². The summed E-state index contributed by atoms with van der Waals surface area (Å²) >= 11 is 0. The Morgan fingerprint density at radius 2 is 2.25 bits per heavy atom. The fourth-order valence-corrected chi connectivity index (χ4v) is 2.46. The molecule has 16 heavy (non-hydrogen) atoms. The van der Waals surface area contributed by atoms with Crippen molar-refractivity contribution in [3.05, 3.63) is 34.9 Å². The maximum atomic E-state index is 11.8. The first-order chi connectivity index (χ1) is 7.58. The molecule has 1 aromatic carbocycles. The minimum Gasteiger partial charge on any atom is -0.329 e.